The molecular weight excluding hydrogens is 366 g/mol. The molecule has 0 bridgehead atoms. The summed E-state index contributed by atoms with van der Waals surface area (Å²) in [4.78, 5) is 9.66. The predicted octanol–water partition coefficient (Wildman–Crippen LogP) is 6.35. The molecular formula is C27H31N3. The van der Waals surface area contributed by atoms with Crippen molar-refractivity contribution in [1.82, 2.24) is 9.88 Å². The Balaban J connectivity index is 1.54. The number of benzene rings is 2. The van der Waals surface area contributed by atoms with Crippen molar-refractivity contribution in [2.45, 2.75) is 48.1 Å². The van der Waals surface area contributed by atoms with Crippen molar-refractivity contribution in [2.24, 2.45) is 0 Å². The van der Waals surface area contributed by atoms with E-state index in [9.17, 15) is 0 Å². The van der Waals surface area contributed by atoms with Gasteiger partial charge < -0.3 is 9.80 Å². The number of rotatable bonds is 4. The highest BCUT2D eigenvalue weighted by atomic mass is 15.3. The van der Waals surface area contributed by atoms with E-state index in [4.69, 9.17) is 4.98 Å². The molecule has 0 spiro atoms. The van der Waals surface area contributed by atoms with Crippen LogP contribution in [0.2, 0.25) is 0 Å². The number of aromatic nitrogens is 1. The van der Waals surface area contributed by atoms with E-state index >= 15 is 0 Å². The Morgan fingerprint density at radius 2 is 1.37 bits per heavy atom. The van der Waals surface area contributed by atoms with Crippen LogP contribution in [-0.4, -0.2) is 16.6 Å². The summed E-state index contributed by atoms with van der Waals surface area (Å²) < 4.78 is 0. The van der Waals surface area contributed by atoms with Gasteiger partial charge in [0.2, 0.25) is 0 Å². The molecule has 1 aliphatic heterocycles. The van der Waals surface area contributed by atoms with E-state index < -0.39 is 0 Å². The van der Waals surface area contributed by atoms with Gasteiger partial charge in [0, 0.05) is 23.7 Å². The number of hydrogen-bond acceptors (Lipinski definition) is 3. The second-order valence-corrected chi connectivity index (χ2v) is 8.69. The largest absolute Gasteiger partial charge is 0.352 e. The van der Waals surface area contributed by atoms with Crippen molar-refractivity contribution in [1.29, 1.82) is 0 Å². The average molecular weight is 398 g/mol. The maximum absolute atomic E-state index is 5.01. The lowest BCUT2D eigenvalue weighted by molar-refractivity contribution is 0.395. The van der Waals surface area contributed by atoms with Gasteiger partial charge in [-0.3, -0.25) is 4.98 Å². The fourth-order valence-corrected chi connectivity index (χ4v) is 4.84. The lowest BCUT2D eigenvalue weighted by Gasteiger charge is -2.24. The zero-order valence-corrected chi connectivity index (χ0v) is 19.0. The average Bonchev–Trinajstić information content (AvgIpc) is 3.08. The highest BCUT2D eigenvalue weighted by Crippen LogP contribution is 2.30. The number of nitrogens with zero attached hydrogens (tertiary/aromatic N) is 3. The van der Waals surface area contributed by atoms with Crippen LogP contribution in [0.5, 0.6) is 0 Å². The van der Waals surface area contributed by atoms with Gasteiger partial charge in [0.25, 0.3) is 0 Å². The number of hydrogen-bond donors (Lipinski definition) is 0. The first kappa shape index (κ1) is 20.2. The molecule has 0 saturated carbocycles. The Morgan fingerprint density at radius 3 is 2.00 bits per heavy atom. The molecule has 0 aliphatic carbocycles. The van der Waals surface area contributed by atoms with Gasteiger partial charge in [-0.15, -0.1) is 0 Å². The number of pyridine rings is 1. The summed E-state index contributed by atoms with van der Waals surface area (Å²) in [5.41, 5.74) is 12.6. The Kier molecular flexibility index (Phi) is 5.38. The van der Waals surface area contributed by atoms with Crippen LogP contribution in [0.25, 0.3) is 11.3 Å². The molecule has 0 radical (unpaired) electrons. The van der Waals surface area contributed by atoms with Gasteiger partial charge in [0.15, 0.2) is 0 Å². The number of aryl methyl sites for hydroxylation is 6. The molecule has 2 heterocycles. The smallest absolute Gasteiger partial charge is 0.0946 e. The first-order valence-corrected chi connectivity index (χ1v) is 10.6. The topological polar surface area (TPSA) is 19.4 Å². The first-order chi connectivity index (χ1) is 14.3. The fraction of sp³-hybridized carbons (Fsp3) is 0.296. The van der Waals surface area contributed by atoms with E-state index in [1.165, 1.54) is 44.6 Å². The molecule has 3 nitrogen and oxygen atoms in total. The van der Waals surface area contributed by atoms with Gasteiger partial charge in [-0.1, -0.05) is 41.5 Å². The minimum atomic E-state index is 0.800. The molecule has 154 valence electrons. The van der Waals surface area contributed by atoms with E-state index in [1.54, 1.807) is 0 Å². The van der Waals surface area contributed by atoms with Crippen LogP contribution < -0.4 is 4.90 Å². The van der Waals surface area contributed by atoms with E-state index in [2.05, 4.69) is 106 Å². The summed E-state index contributed by atoms with van der Waals surface area (Å²) in [7, 11) is 0. The van der Waals surface area contributed by atoms with Gasteiger partial charge in [-0.05, 0) is 75.9 Å². The fourth-order valence-electron chi connectivity index (χ4n) is 4.84. The SMILES string of the molecule is Cc1cc(C)c(-c2cccc(CN3C=CN(c4c(C)cc(C)cc4C)C3)n2)c(C)c1. The summed E-state index contributed by atoms with van der Waals surface area (Å²) in [5.74, 6) is 0. The van der Waals surface area contributed by atoms with Crippen LogP contribution in [0.15, 0.2) is 54.9 Å². The minimum absolute atomic E-state index is 0.800. The first-order valence-electron chi connectivity index (χ1n) is 10.6. The Bertz CT molecular complexity index is 1080. The predicted molar refractivity (Wildman–Crippen MR) is 127 cm³/mol. The second kappa shape index (κ2) is 7.98. The Morgan fingerprint density at radius 1 is 0.767 bits per heavy atom. The van der Waals surface area contributed by atoms with Crippen LogP contribution in [-0.2, 0) is 6.54 Å². The molecule has 4 rings (SSSR count). The minimum Gasteiger partial charge on any atom is -0.352 e. The molecule has 0 N–H and O–H groups in total. The third-order valence-electron chi connectivity index (χ3n) is 5.82. The van der Waals surface area contributed by atoms with E-state index in [0.29, 0.717) is 0 Å². The molecule has 0 fully saturated rings. The Labute approximate surface area is 180 Å². The van der Waals surface area contributed by atoms with E-state index in [1.807, 2.05) is 0 Å². The van der Waals surface area contributed by atoms with Gasteiger partial charge in [0.1, 0.15) is 0 Å². The van der Waals surface area contributed by atoms with Crippen molar-refractivity contribution < 1.29 is 0 Å². The highest BCUT2D eigenvalue weighted by Gasteiger charge is 2.18. The molecule has 1 aromatic heterocycles. The molecule has 2 aromatic carbocycles. The Hall–Kier alpha value is -3.07. The normalized spacial score (nSPS) is 13.4. The maximum atomic E-state index is 5.01. The molecule has 3 aromatic rings. The standard InChI is InChI=1S/C27H31N3/c1-18-12-20(3)26(21(4)13-18)25-9-7-8-24(28-25)16-29-10-11-30(17-29)27-22(5)14-19(2)15-23(27)6/h7-15H,16-17H2,1-6H3. The van der Waals surface area contributed by atoms with Gasteiger partial charge in [0.05, 0.1) is 24.6 Å². The quantitative estimate of drug-likeness (QED) is 0.511. The van der Waals surface area contributed by atoms with Crippen LogP contribution in [0.1, 0.15) is 39.1 Å². The van der Waals surface area contributed by atoms with Gasteiger partial charge in [-0.25, -0.2) is 0 Å². The van der Waals surface area contributed by atoms with Crippen molar-refractivity contribution in [3.63, 3.8) is 0 Å². The molecule has 1 aliphatic rings. The van der Waals surface area contributed by atoms with Gasteiger partial charge >= 0.3 is 0 Å². The zero-order chi connectivity index (χ0) is 21.4. The summed E-state index contributed by atoms with van der Waals surface area (Å²) in [6.07, 6.45) is 4.36. The van der Waals surface area contributed by atoms with Crippen molar-refractivity contribution >= 4 is 5.69 Å². The zero-order valence-electron chi connectivity index (χ0n) is 19.0. The van der Waals surface area contributed by atoms with Crippen LogP contribution in [0.4, 0.5) is 5.69 Å². The molecule has 0 amide bonds. The summed E-state index contributed by atoms with van der Waals surface area (Å²) in [6, 6.07) is 15.4. The second-order valence-electron chi connectivity index (χ2n) is 8.69. The molecule has 0 saturated heterocycles. The van der Waals surface area contributed by atoms with Crippen LogP contribution >= 0.6 is 0 Å². The third kappa shape index (κ3) is 3.97. The summed E-state index contributed by atoms with van der Waals surface area (Å²) >= 11 is 0. The number of anilines is 1. The van der Waals surface area contributed by atoms with E-state index in [-0.39, 0.29) is 0 Å². The monoisotopic (exact) mass is 397 g/mol. The molecule has 30 heavy (non-hydrogen) atoms. The van der Waals surface area contributed by atoms with Gasteiger partial charge in [-0.2, -0.15) is 0 Å². The van der Waals surface area contributed by atoms with Crippen molar-refractivity contribution in [3.05, 3.63) is 93.9 Å². The summed E-state index contributed by atoms with van der Waals surface area (Å²) in [5, 5.41) is 0. The highest BCUT2D eigenvalue weighted by molar-refractivity contribution is 5.68. The van der Waals surface area contributed by atoms with Crippen LogP contribution in [0.3, 0.4) is 0 Å². The molecule has 3 heteroatoms. The molecule has 0 atom stereocenters. The van der Waals surface area contributed by atoms with Crippen molar-refractivity contribution in [2.75, 3.05) is 11.6 Å². The van der Waals surface area contributed by atoms with Crippen molar-refractivity contribution in [3.8, 4) is 11.3 Å². The van der Waals surface area contributed by atoms with Crippen LogP contribution in [0, 0.1) is 41.5 Å². The lowest BCUT2D eigenvalue weighted by Crippen LogP contribution is -2.26. The van der Waals surface area contributed by atoms with E-state index in [0.717, 1.165) is 24.6 Å². The maximum Gasteiger partial charge on any atom is 0.0946 e. The molecule has 0 unspecified atom stereocenters. The lowest BCUT2D eigenvalue weighted by atomic mass is 9.97. The third-order valence-corrected chi connectivity index (χ3v) is 5.82. The summed E-state index contributed by atoms with van der Waals surface area (Å²) in [6.45, 7) is 14.7.